The average molecular weight is 903 g/mol. The summed E-state index contributed by atoms with van der Waals surface area (Å²) in [6, 6.07) is 6.47. The van der Waals surface area contributed by atoms with Crippen LogP contribution in [0.3, 0.4) is 0 Å². The molecule has 5 aliphatic heterocycles. The van der Waals surface area contributed by atoms with Crippen molar-refractivity contribution < 1.29 is 23.9 Å². The predicted octanol–water partition coefficient (Wildman–Crippen LogP) is 2.01. The number of amides is 3. The normalized spacial score (nSPS) is 20.3. The molecule has 4 N–H and O–H groups in total. The Kier molecular flexibility index (Phi) is 21.3. The summed E-state index contributed by atoms with van der Waals surface area (Å²) in [5, 5.41) is 6.93. The van der Waals surface area contributed by atoms with E-state index in [1.807, 2.05) is 14.7 Å². The highest BCUT2D eigenvalue weighted by Gasteiger charge is 2.23. The fourth-order valence-electron chi connectivity index (χ4n) is 8.02. The van der Waals surface area contributed by atoms with E-state index in [0.29, 0.717) is 84.1 Å². The molecule has 3 fully saturated rings. The average Bonchev–Trinajstić information content (AvgIpc) is 3.25. The first-order valence-corrected chi connectivity index (χ1v) is 23.2. The Hall–Kier alpha value is -3.45. The number of nitrogens with one attached hydrogen (secondary N) is 4. The Morgan fingerprint density at radius 1 is 0.500 bits per heavy atom. The van der Waals surface area contributed by atoms with Gasteiger partial charge in [0.2, 0.25) is 17.7 Å². The maximum atomic E-state index is 12.8. The summed E-state index contributed by atoms with van der Waals surface area (Å²) in [5.41, 5.74) is 3.42. The van der Waals surface area contributed by atoms with Crippen molar-refractivity contribution in [2.75, 3.05) is 110 Å². The van der Waals surface area contributed by atoms with Crippen LogP contribution in [0.4, 0.5) is 0 Å². The van der Waals surface area contributed by atoms with Crippen LogP contribution in [0.15, 0.2) is 33.9 Å². The molecule has 4 bridgehead atoms. The molecule has 60 heavy (non-hydrogen) atoms. The molecule has 3 amide bonds. The lowest BCUT2D eigenvalue weighted by molar-refractivity contribution is -0.134. The summed E-state index contributed by atoms with van der Waals surface area (Å²) < 4.78 is 11.3. The van der Waals surface area contributed by atoms with Gasteiger partial charge in [-0.25, -0.2) is 0 Å². The van der Waals surface area contributed by atoms with Crippen molar-refractivity contribution in [1.82, 2.24) is 45.1 Å². The van der Waals surface area contributed by atoms with E-state index in [4.69, 9.17) is 9.47 Å². The maximum absolute atomic E-state index is 12.8. The number of pyridine rings is 2. The molecule has 7 rings (SSSR count). The van der Waals surface area contributed by atoms with Gasteiger partial charge in [-0.2, -0.15) is 0 Å². The molecule has 0 saturated carbocycles. The first-order chi connectivity index (χ1) is 29.2. The molecule has 0 aliphatic carbocycles. The molecule has 0 unspecified atom stereocenters. The number of likely N-dealkylation sites (tertiary alicyclic amines) is 3. The number of rotatable bonds is 5. The molecule has 16 nitrogen and oxygen atoms in total. The quantitative estimate of drug-likeness (QED) is 0.324. The van der Waals surface area contributed by atoms with Crippen LogP contribution in [-0.2, 0) is 50.0 Å². The van der Waals surface area contributed by atoms with Crippen LogP contribution in [-0.4, -0.2) is 162 Å². The minimum Gasteiger partial charge on any atom is -0.379 e. The molecular weight excluding hydrogens is 834 g/mol. The number of H-pyrrole nitrogens is 2. The number of halogens is 1. The van der Waals surface area contributed by atoms with E-state index in [1.54, 1.807) is 24.3 Å². The number of hydrogen-bond donors (Lipinski definition) is 4. The van der Waals surface area contributed by atoms with E-state index in [2.05, 4.69) is 46.3 Å². The van der Waals surface area contributed by atoms with Gasteiger partial charge < -0.3 is 44.8 Å². The third kappa shape index (κ3) is 17.5. The van der Waals surface area contributed by atoms with E-state index in [9.17, 15) is 24.0 Å². The van der Waals surface area contributed by atoms with Gasteiger partial charge in [0.15, 0.2) is 10.9 Å². The highest BCUT2D eigenvalue weighted by Crippen LogP contribution is 2.13. The molecule has 2 aromatic heterocycles. The Morgan fingerprint density at radius 2 is 0.867 bits per heavy atom. The second kappa shape index (κ2) is 26.8. The number of nitrogens with zero attached hydrogens (tertiary/aromatic N) is 5. The van der Waals surface area contributed by atoms with Crippen LogP contribution in [0, 0.1) is 0 Å². The van der Waals surface area contributed by atoms with Gasteiger partial charge >= 0.3 is 0 Å². The Labute approximate surface area is 363 Å². The van der Waals surface area contributed by atoms with Gasteiger partial charge in [-0.1, -0.05) is 15.9 Å². The number of fused-ring (bicyclic) bond motifs is 4. The third-order valence-corrected chi connectivity index (χ3v) is 11.7. The molecule has 2 aromatic rings. The van der Waals surface area contributed by atoms with Gasteiger partial charge in [-0.3, -0.25) is 33.8 Å². The molecule has 0 spiro atoms. The topological polar surface area (TPSA) is 176 Å². The lowest BCUT2D eigenvalue weighted by Gasteiger charge is -2.31. The van der Waals surface area contributed by atoms with Crippen molar-refractivity contribution in [3.05, 3.63) is 67.5 Å². The van der Waals surface area contributed by atoms with E-state index in [1.165, 1.54) is 32.1 Å². The second-order valence-corrected chi connectivity index (χ2v) is 16.8. The molecule has 17 heteroatoms. The number of carbonyl (C=O) groups is 3. The van der Waals surface area contributed by atoms with Crippen molar-refractivity contribution in [3.8, 4) is 0 Å². The Balaban J connectivity index is 0.000000214. The standard InChI is InChI=1S/C25H39N5O4.C11H17N3O2.C7H12BrNO/c31-23-15-21-17-27(19-24(32)29-7-3-1-4-8-29)11-13-34-14-12-28(18-22(16-23)26-21)20-25(33)30-9-5-2-6-10-30;15-11-5-9-7-12-1-3-16-4-2-13-8-10(6-11)14-9;8-6-7(10)9-4-2-1-3-5-9/h15-16H,1-14,17-20H2,(H,26,31);5-6,12-13H,1-4,7-8H2,(H,14,15);1-6H2. The van der Waals surface area contributed by atoms with Crippen LogP contribution < -0.4 is 21.5 Å². The monoisotopic (exact) mass is 901 g/mol. The van der Waals surface area contributed by atoms with E-state index >= 15 is 0 Å². The van der Waals surface area contributed by atoms with Crippen LogP contribution in [0.1, 0.15) is 80.6 Å². The lowest BCUT2D eigenvalue weighted by Crippen LogP contribution is -2.44. The van der Waals surface area contributed by atoms with E-state index in [0.717, 1.165) is 101 Å². The largest absolute Gasteiger partial charge is 0.379 e. The molecule has 0 aromatic carbocycles. The van der Waals surface area contributed by atoms with Gasteiger partial charge in [-0.15, -0.1) is 0 Å². The highest BCUT2D eigenvalue weighted by molar-refractivity contribution is 9.09. The number of aromatic amines is 2. The summed E-state index contributed by atoms with van der Waals surface area (Å²) in [4.78, 5) is 77.2. The minimum atomic E-state index is -0.0540. The number of alkyl halides is 1. The molecular formula is C43H68BrN9O7. The van der Waals surface area contributed by atoms with Crippen LogP contribution >= 0.6 is 15.9 Å². The fourth-order valence-corrected chi connectivity index (χ4v) is 8.38. The molecule has 7 heterocycles. The predicted molar refractivity (Wildman–Crippen MR) is 235 cm³/mol. The second-order valence-electron chi connectivity index (χ2n) is 16.2. The fraction of sp³-hybridized carbons (Fsp3) is 0.698. The van der Waals surface area contributed by atoms with Crippen molar-refractivity contribution in [2.24, 2.45) is 0 Å². The van der Waals surface area contributed by atoms with Gasteiger partial charge in [0, 0.05) is 139 Å². The Bertz CT molecular complexity index is 1630. The van der Waals surface area contributed by atoms with E-state index in [-0.39, 0.29) is 28.6 Å². The first kappa shape index (κ1) is 47.6. The first-order valence-electron chi connectivity index (χ1n) is 22.1. The lowest BCUT2D eigenvalue weighted by atomic mass is 10.1. The molecule has 334 valence electrons. The Morgan fingerprint density at radius 3 is 1.28 bits per heavy atom. The summed E-state index contributed by atoms with van der Waals surface area (Å²) in [5.74, 6) is 0.528. The van der Waals surface area contributed by atoms with Gasteiger partial charge in [0.05, 0.1) is 44.8 Å². The zero-order valence-electron chi connectivity index (χ0n) is 35.5. The van der Waals surface area contributed by atoms with E-state index < -0.39 is 0 Å². The van der Waals surface area contributed by atoms with Crippen molar-refractivity contribution in [3.63, 3.8) is 0 Å². The molecule has 3 saturated heterocycles. The maximum Gasteiger partial charge on any atom is 0.236 e. The smallest absolute Gasteiger partial charge is 0.236 e. The van der Waals surface area contributed by atoms with Gasteiger partial charge in [-0.05, 0) is 57.8 Å². The zero-order valence-corrected chi connectivity index (χ0v) is 37.1. The SMILES string of the molecule is O=C(CBr)N1CCCCC1.O=C(CN1CCOCCN(CC(=O)N2CCCCC2)Cc2cc(=O)cc([nH]2)C1)N1CCCCC1.O=c1cc2[nH]c(c1)CNCCOCCNC2. The van der Waals surface area contributed by atoms with Crippen molar-refractivity contribution in [2.45, 2.75) is 84.0 Å². The number of aromatic nitrogens is 2. The van der Waals surface area contributed by atoms with Crippen molar-refractivity contribution >= 4 is 33.7 Å². The highest BCUT2D eigenvalue weighted by atomic mass is 79.9. The van der Waals surface area contributed by atoms with Gasteiger partial charge in [0.25, 0.3) is 0 Å². The van der Waals surface area contributed by atoms with Crippen molar-refractivity contribution in [1.29, 1.82) is 0 Å². The molecule has 5 aliphatic rings. The zero-order chi connectivity index (χ0) is 42.4. The number of ether oxygens (including phenoxy) is 2. The number of piperidine rings is 3. The summed E-state index contributed by atoms with van der Waals surface area (Å²) >= 11 is 3.16. The summed E-state index contributed by atoms with van der Waals surface area (Å²) in [7, 11) is 0. The third-order valence-electron chi connectivity index (χ3n) is 11.2. The number of carbonyl (C=O) groups excluding carboxylic acids is 3. The number of hydrogen-bond acceptors (Lipinski definition) is 11. The minimum absolute atomic E-state index is 0.0540. The molecule has 0 atom stereocenters. The van der Waals surface area contributed by atoms with Crippen LogP contribution in [0.2, 0.25) is 0 Å². The van der Waals surface area contributed by atoms with Crippen LogP contribution in [0.25, 0.3) is 0 Å². The molecule has 0 radical (unpaired) electrons. The summed E-state index contributed by atoms with van der Waals surface area (Å²) in [6.45, 7) is 13.5. The summed E-state index contributed by atoms with van der Waals surface area (Å²) in [6.07, 6.45) is 10.3. The van der Waals surface area contributed by atoms with Crippen LogP contribution in [0.5, 0.6) is 0 Å². The van der Waals surface area contributed by atoms with Gasteiger partial charge in [0.1, 0.15) is 0 Å².